The first kappa shape index (κ1) is 11.0. The van der Waals surface area contributed by atoms with Crippen molar-refractivity contribution in [1.82, 2.24) is 0 Å². The van der Waals surface area contributed by atoms with Gasteiger partial charge in [-0.1, -0.05) is 11.6 Å². The third kappa shape index (κ3) is 1.76. The number of anilines is 1. The van der Waals surface area contributed by atoms with E-state index in [1.54, 1.807) is 18.2 Å². The Balaban J connectivity index is 2.49. The zero-order valence-corrected chi connectivity index (χ0v) is 9.45. The van der Waals surface area contributed by atoms with Crippen LogP contribution in [0, 0.1) is 0 Å². The van der Waals surface area contributed by atoms with Gasteiger partial charge in [-0.2, -0.15) is 0 Å². The Morgan fingerprint density at radius 3 is 2.44 bits per heavy atom. The van der Waals surface area contributed by atoms with Crippen molar-refractivity contribution < 1.29 is 14.3 Å². The van der Waals surface area contributed by atoms with Crippen LogP contribution in [-0.4, -0.2) is 18.9 Å². The fourth-order valence-electron chi connectivity index (χ4n) is 1.68. The minimum Gasteiger partial charge on any atom is -0.495 e. The zero-order valence-electron chi connectivity index (χ0n) is 8.70. The predicted octanol–water partition coefficient (Wildman–Crippen LogP) is 2.00. The molecule has 4 nitrogen and oxygen atoms in total. The summed E-state index contributed by atoms with van der Waals surface area (Å²) in [6, 6.07) is 4.84. The van der Waals surface area contributed by atoms with Crippen molar-refractivity contribution in [2.24, 2.45) is 0 Å². The highest BCUT2D eigenvalue weighted by Gasteiger charge is 2.32. The lowest BCUT2D eigenvalue weighted by molar-refractivity contribution is -0.121. The molecule has 0 radical (unpaired) electrons. The zero-order chi connectivity index (χ0) is 11.7. The number of hydrogen-bond donors (Lipinski definition) is 0. The fraction of sp³-hybridized carbons (Fsp3) is 0.273. The molecule has 0 atom stereocenters. The van der Waals surface area contributed by atoms with Crippen LogP contribution < -0.4 is 9.64 Å². The van der Waals surface area contributed by atoms with E-state index in [0.717, 1.165) is 4.90 Å². The van der Waals surface area contributed by atoms with Gasteiger partial charge in [0.2, 0.25) is 11.8 Å². The Kier molecular flexibility index (Phi) is 2.83. The third-order valence-electron chi connectivity index (χ3n) is 2.43. The van der Waals surface area contributed by atoms with Gasteiger partial charge in [-0.15, -0.1) is 0 Å². The van der Waals surface area contributed by atoms with Crippen LogP contribution in [0.5, 0.6) is 5.75 Å². The van der Waals surface area contributed by atoms with Crippen molar-refractivity contribution in [3.8, 4) is 5.75 Å². The van der Waals surface area contributed by atoms with Gasteiger partial charge in [-0.25, -0.2) is 4.90 Å². The first-order chi connectivity index (χ1) is 7.63. The molecule has 0 unspecified atom stereocenters. The first-order valence-corrected chi connectivity index (χ1v) is 5.20. The van der Waals surface area contributed by atoms with E-state index >= 15 is 0 Å². The number of halogens is 1. The Labute approximate surface area is 97.7 Å². The molecule has 2 amide bonds. The lowest BCUT2D eigenvalue weighted by atomic mass is 10.2. The molecule has 0 spiro atoms. The number of carbonyl (C=O) groups is 2. The minimum atomic E-state index is -0.217. The van der Waals surface area contributed by atoms with E-state index in [0.29, 0.717) is 16.5 Å². The summed E-state index contributed by atoms with van der Waals surface area (Å²) in [6.07, 6.45) is 0.489. The van der Waals surface area contributed by atoms with E-state index in [1.807, 2.05) is 0 Å². The van der Waals surface area contributed by atoms with Crippen LogP contribution >= 0.6 is 11.6 Å². The van der Waals surface area contributed by atoms with E-state index in [1.165, 1.54) is 7.11 Å². The molecule has 1 aromatic rings. The van der Waals surface area contributed by atoms with Crippen molar-refractivity contribution >= 4 is 29.1 Å². The maximum Gasteiger partial charge on any atom is 0.234 e. The molecule has 1 saturated heterocycles. The van der Waals surface area contributed by atoms with Gasteiger partial charge in [-0.05, 0) is 18.2 Å². The average Bonchev–Trinajstić information content (AvgIpc) is 2.58. The average molecular weight is 240 g/mol. The van der Waals surface area contributed by atoms with Crippen molar-refractivity contribution in [1.29, 1.82) is 0 Å². The van der Waals surface area contributed by atoms with Crippen LogP contribution in [0.2, 0.25) is 5.02 Å². The molecule has 16 heavy (non-hydrogen) atoms. The second kappa shape index (κ2) is 4.14. The summed E-state index contributed by atoms with van der Waals surface area (Å²) in [5.41, 5.74) is 0.419. The molecule has 0 bridgehead atoms. The summed E-state index contributed by atoms with van der Waals surface area (Å²) in [4.78, 5) is 24.3. The maximum absolute atomic E-state index is 11.6. The lowest BCUT2D eigenvalue weighted by Gasteiger charge is -2.17. The molecular formula is C11H10ClNO3. The second-order valence-electron chi connectivity index (χ2n) is 3.44. The summed E-state index contributed by atoms with van der Waals surface area (Å²) in [5.74, 6) is 0.0316. The number of carbonyl (C=O) groups excluding carboxylic acids is 2. The number of benzene rings is 1. The fourth-order valence-corrected chi connectivity index (χ4v) is 1.85. The van der Waals surface area contributed by atoms with Crippen LogP contribution in [0.4, 0.5) is 5.69 Å². The van der Waals surface area contributed by atoms with Gasteiger partial charge in [0.15, 0.2) is 0 Å². The largest absolute Gasteiger partial charge is 0.495 e. The predicted molar refractivity (Wildman–Crippen MR) is 59.7 cm³/mol. The standard InChI is InChI=1S/C11H10ClNO3/c1-16-9-3-2-7(12)6-8(9)13-10(14)4-5-11(13)15/h2-3,6H,4-5H2,1H3. The summed E-state index contributed by atoms with van der Waals surface area (Å²) in [7, 11) is 1.48. The van der Waals surface area contributed by atoms with Crippen molar-refractivity contribution in [2.75, 3.05) is 12.0 Å². The number of ether oxygens (including phenoxy) is 1. The third-order valence-corrected chi connectivity index (χ3v) is 2.67. The van der Waals surface area contributed by atoms with E-state index < -0.39 is 0 Å². The molecule has 5 heteroatoms. The molecule has 1 aromatic carbocycles. The molecule has 0 saturated carbocycles. The van der Waals surface area contributed by atoms with Crippen molar-refractivity contribution in [2.45, 2.75) is 12.8 Å². The molecule has 0 N–H and O–H groups in total. The highest BCUT2D eigenvalue weighted by Crippen LogP contribution is 2.34. The van der Waals surface area contributed by atoms with Gasteiger partial charge >= 0.3 is 0 Å². The van der Waals surface area contributed by atoms with Crippen LogP contribution in [-0.2, 0) is 9.59 Å². The Bertz CT molecular complexity index is 443. The molecule has 1 heterocycles. The normalized spacial score (nSPS) is 15.8. The van der Waals surface area contributed by atoms with Crippen LogP contribution in [0.1, 0.15) is 12.8 Å². The molecule has 84 valence electrons. The number of rotatable bonds is 2. The van der Waals surface area contributed by atoms with E-state index in [-0.39, 0.29) is 24.7 Å². The van der Waals surface area contributed by atoms with E-state index in [9.17, 15) is 9.59 Å². The molecule has 1 aliphatic heterocycles. The second-order valence-corrected chi connectivity index (χ2v) is 3.88. The summed E-state index contributed by atoms with van der Waals surface area (Å²) in [6.45, 7) is 0. The summed E-state index contributed by atoms with van der Waals surface area (Å²) < 4.78 is 5.10. The van der Waals surface area contributed by atoms with Crippen LogP contribution in [0.3, 0.4) is 0 Å². The minimum absolute atomic E-state index is 0.217. The van der Waals surface area contributed by atoms with Gasteiger partial charge in [0, 0.05) is 17.9 Å². The van der Waals surface area contributed by atoms with Gasteiger partial charge in [0.25, 0.3) is 0 Å². The van der Waals surface area contributed by atoms with Gasteiger partial charge in [0.05, 0.1) is 12.8 Å². The number of methoxy groups -OCH3 is 1. The lowest BCUT2D eigenvalue weighted by Crippen LogP contribution is -2.28. The van der Waals surface area contributed by atoms with Crippen molar-refractivity contribution in [3.05, 3.63) is 23.2 Å². The molecule has 1 fully saturated rings. The number of imide groups is 1. The number of nitrogens with zero attached hydrogens (tertiary/aromatic N) is 1. The molecule has 0 aromatic heterocycles. The summed E-state index contributed by atoms with van der Waals surface area (Å²) in [5, 5.41) is 0.461. The molecule has 1 aliphatic rings. The highest BCUT2D eigenvalue weighted by molar-refractivity contribution is 6.31. The van der Waals surface area contributed by atoms with Gasteiger partial charge < -0.3 is 4.74 Å². The first-order valence-electron chi connectivity index (χ1n) is 4.83. The monoisotopic (exact) mass is 239 g/mol. The molecule has 0 aliphatic carbocycles. The maximum atomic E-state index is 11.6. The Morgan fingerprint density at radius 1 is 1.25 bits per heavy atom. The van der Waals surface area contributed by atoms with Gasteiger partial charge in [-0.3, -0.25) is 9.59 Å². The Morgan fingerprint density at radius 2 is 1.88 bits per heavy atom. The molecular weight excluding hydrogens is 230 g/mol. The topological polar surface area (TPSA) is 46.6 Å². The van der Waals surface area contributed by atoms with E-state index in [2.05, 4.69) is 0 Å². The van der Waals surface area contributed by atoms with Crippen LogP contribution in [0.15, 0.2) is 18.2 Å². The summed E-state index contributed by atoms with van der Waals surface area (Å²) >= 11 is 5.84. The number of amides is 2. The van der Waals surface area contributed by atoms with Gasteiger partial charge in [0.1, 0.15) is 5.75 Å². The van der Waals surface area contributed by atoms with Crippen molar-refractivity contribution in [3.63, 3.8) is 0 Å². The number of hydrogen-bond acceptors (Lipinski definition) is 3. The van der Waals surface area contributed by atoms with Crippen LogP contribution in [0.25, 0.3) is 0 Å². The highest BCUT2D eigenvalue weighted by atomic mass is 35.5. The quantitative estimate of drug-likeness (QED) is 0.742. The van der Waals surface area contributed by atoms with E-state index in [4.69, 9.17) is 16.3 Å². The molecule has 2 rings (SSSR count). The SMILES string of the molecule is COc1ccc(Cl)cc1N1C(=O)CCC1=O. The Hall–Kier alpha value is -1.55. The smallest absolute Gasteiger partial charge is 0.234 e.